The first kappa shape index (κ1) is 15.8. The summed E-state index contributed by atoms with van der Waals surface area (Å²) in [5.74, 6) is -1.88. The zero-order chi connectivity index (χ0) is 16.8. The molecule has 0 aromatic carbocycles. The molecule has 120 valence electrons. The third-order valence-electron chi connectivity index (χ3n) is 3.60. The Morgan fingerprint density at radius 1 is 1.52 bits per heavy atom. The maximum Gasteiger partial charge on any atom is 0.349 e. The van der Waals surface area contributed by atoms with Crippen LogP contribution in [0.4, 0.5) is 0 Å². The Morgan fingerprint density at radius 3 is 2.91 bits per heavy atom. The molecule has 3 heterocycles. The molecule has 1 aromatic heterocycles. The van der Waals surface area contributed by atoms with Crippen molar-refractivity contribution in [2.75, 3.05) is 6.61 Å². The van der Waals surface area contributed by atoms with Crippen LogP contribution in [0.5, 0.6) is 11.5 Å². The standard InChI is InChI=1S/C14H10INO7/c1-2-6(15)12(18)20-4-8(17)22-9-7-3-14(5-16)11(21-7)10(9)23-13(14)19/h6H,2-4H2,1H3. The van der Waals surface area contributed by atoms with Gasteiger partial charge in [-0.05, 0) is 6.42 Å². The van der Waals surface area contributed by atoms with Crippen molar-refractivity contribution < 1.29 is 33.0 Å². The van der Waals surface area contributed by atoms with Gasteiger partial charge in [0.15, 0.2) is 18.1 Å². The summed E-state index contributed by atoms with van der Waals surface area (Å²) in [4.78, 5) is 35.1. The van der Waals surface area contributed by atoms with Crippen LogP contribution in [0.15, 0.2) is 4.42 Å². The monoisotopic (exact) mass is 431 g/mol. The van der Waals surface area contributed by atoms with E-state index in [1.807, 2.05) is 35.6 Å². The molecule has 2 unspecified atom stereocenters. The molecule has 0 saturated heterocycles. The van der Waals surface area contributed by atoms with Crippen molar-refractivity contribution in [3.8, 4) is 17.6 Å². The van der Waals surface area contributed by atoms with Crippen LogP contribution >= 0.6 is 22.6 Å². The van der Waals surface area contributed by atoms with E-state index in [0.29, 0.717) is 6.42 Å². The highest BCUT2D eigenvalue weighted by molar-refractivity contribution is 14.1. The van der Waals surface area contributed by atoms with Crippen molar-refractivity contribution in [3.05, 3.63) is 11.5 Å². The number of fused-ring (bicyclic) bond motifs is 1. The molecule has 2 atom stereocenters. The second-order valence-electron chi connectivity index (χ2n) is 5.05. The molecule has 0 spiro atoms. The predicted molar refractivity (Wildman–Crippen MR) is 80.0 cm³/mol. The van der Waals surface area contributed by atoms with Crippen LogP contribution in [0.1, 0.15) is 24.9 Å². The molecular weight excluding hydrogens is 421 g/mol. The number of nitrogens with zero attached hydrogens (tertiary/aromatic N) is 1. The molecule has 0 amide bonds. The summed E-state index contributed by atoms with van der Waals surface area (Å²) in [5, 5.41) is 9.17. The van der Waals surface area contributed by atoms with Gasteiger partial charge in [0.25, 0.3) is 0 Å². The Morgan fingerprint density at radius 2 is 2.26 bits per heavy atom. The summed E-state index contributed by atoms with van der Waals surface area (Å²) in [7, 11) is 0. The lowest BCUT2D eigenvalue weighted by Crippen LogP contribution is -2.31. The van der Waals surface area contributed by atoms with E-state index in [4.69, 9.17) is 18.6 Å². The summed E-state index contributed by atoms with van der Waals surface area (Å²) in [6, 6.07) is 1.88. The highest BCUT2D eigenvalue weighted by atomic mass is 127. The van der Waals surface area contributed by atoms with E-state index < -0.39 is 29.9 Å². The van der Waals surface area contributed by atoms with Crippen LogP contribution < -0.4 is 9.47 Å². The zero-order valence-electron chi connectivity index (χ0n) is 11.9. The Labute approximate surface area is 143 Å². The molecule has 23 heavy (non-hydrogen) atoms. The minimum atomic E-state index is -1.46. The average Bonchev–Trinajstić information content (AvgIpc) is 3.13. The number of carbonyl (C=O) groups is 3. The summed E-state index contributed by atoms with van der Waals surface area (Å²) in [6.07, 6.45) is 0.551. The van der Waals surface area contributed by atoms with Crippen LogP contribution in [0.2, 0.25) is 0 Å². The molecule has 0 radical (unpaired) electrons. The Kier molecular flexibility index (Phi) is 3.79. The van der Waals surface area contributed by atoms with Crippen molar-refractivity contribution in [1.82, 2.24) is 0 Å². The average molecular weight is 431 g/mol. The summed E-state index contributed by atoms with van der Waals surface area (Å²) >= 11 is 1.91. The molecule has 0 aliphatic carbocycles. The topological polar surface area (TPSA) is 116 Å². The number of halogens is 1. The molecule has 9 heteroatoms. The molecule has 0 fully saturated rings. The quantitative estimate of drug-likeness (QED) is 0.388. The summed E-state index contributed by atoms with van der Waals surface area (Å²) in [6.45, 7) is 1.26. The van der Waals surface area contributed by atoms with Crippen molar-refractivity contribution in [1.29, 1.82) is 5.26 Å². The molecule has 2 aliphatic heterocycles. The minimum absolute atomic E-state index is 0.0284. The first-order valence-corrected chi connectivity index (χ1v) is 7.98. The van der Waals surface area contributed by atoms with Gasteiger partial charge >= 0.3 is 17.9 Å². The number of rotatable bonds is 5. The van der Waals surface area contributed by atoms with E-state index in [2.05, 4.69) is 0 Å². The minimum Gasteiger partial charge on any atom is -0.455 e. The molecule has 2 aliphatic rings. The van der Waals surface area contributed by atoms with Crippen molar-refractivity contribution in [2.24, 2.45) is 0 Å². The van der Waals surface area contributed by atoms with Crippen molar-refractivity contribution in [2.45, 2.75) is 29.1 Å². The highest BCUT2D eigenvalue weighted by Crippen LogP contribution is 2.56. The van der Waals surface area contributed by atoms with E-state index in [-0.39, 0.29) is 33.4 Å². The lowest BCUT2D eigenvalue weighted by Gasteiger charge is -2.10. The molecule has 3 rings (SSSR count). The molecular formula is C14H10INO7. The van der Waals surface area contributed by atoms with Gasteiger partial charge in [-0.25, -0.2) is 9.59 Å². The third kappa shape index (κ3) is 2.28. The molecule has 1 aromatic rings. The van der Waals surface area contributed by atoms with Crippen LogP contribution in [0.25, 0.3) is 0 Å². The van der Waals surface area contributed by atoms with Gasteiger partial charge in [0.05, 0.1) is 6.07 Å². The summed E-state index contributed by atoms with van der Waals surface area (Å²) < 4.78 is 19.9. The Bertz CT molecular complexity index is 762. The van der Waals surface area contributed by atoms with Gasteiger partial charge in [0, 0.05) is 6.42 Å². The molecule has 0 saturated carbocycles. The Hall–Kier alpha value is -2.09. The van der Waals surface area contributed by atoms with E-state index in [1.54, 1.807) is 0 Å². The van der Waals surface area contributed by atoms with Crippen molar-refractivity contribution in [3.63, 3.8) is 0 Å². The lowest BCUT2D eigenvalue weighted by molar-refractivity contribution is -0.153. The van der Waals surface area contributed by atoms with E-state index in [1.165, 1.54) is 0 Å². The largest absolute Gasteiger partial charge is 0.455 e. The van der Waals surface area contributed by atoms with Crippen molar-refractivity contribution >= 4 is 40.5 Å². The van der Waals surface area contributed by atoms with Gasteiger partial charge < -0.3 is 18.6 Å². The van der Waals surface area contributed by atoms with Gasteiger partial charge in [-0.15, -0.1) is 0 Å². The first-order chi connectivity index (χ1) is 10.9. The second kappa shape index (κ2) is 5.52. The zero-order valence-corrected chi connectivity index (χ0v) is 14.0. The number of ether oxygens (including phenoxy) is 3. The summed E-state index contributed by atoms with van der Waals surface area (Å²) in [5.41, 5.74) is -1.46. The van der Waals surface area contributed by atoms with Gasteiger partial charge in [-0.1, -0.05) is 29.5 Å². The number of esters is 3. The van der Waals surface area contributed by atoms with Crippen LogP contribution in [0.3, 0.4) is 0 Å². The fraction of sp³-hybridized carbons (Fsp3) is 0.429. The SMILES string of the molecule is CCC(I)C(=O)OCC(=O)Oc1c2oc3c1OC(=O)C3(C#N)C2. The molecule has 8 nitrogen and oxygen atoms in total. The highest BCUT2D eigenvalue weighted by Gasteiger charge is 2.61. The number of hydrogen-bond donors (Lipinski definition) is 0. The predicted octanol–water partition coefficient (Wildman–Crippen LogP) is 1.18. The van der Waals surface area contributed by atoms with Gasteiger partial charge in [-0.2, -0.15) is 5.26 Å². The fourth-order valence-electron chi connectivity index (χ4n) is 2.37. The maximum atomic E-state index is 11.8. The van der Waals surface area contributed by atoms with E-state index in [9.17, 15) is 19.6 Å². The lowest BCUT2D eigenvalue weighted by atomic mass is 9.83. The fourth-order valence-corrected chi connectivity index (χ4v) is 2.55. The Balaban J connectivity index is 1.68. The number of hydrogen-bond acceptors (Lipinski definition) is 8. The number of alkyl halides is 1. The van der Waals surface area contributed by atoms with Gasteiger partial charge in [-0.3, -0.25) is 4.79 Å². The van der Waals surface area contributed by atoms with Crippen LogP contribution in [0, 0.1) is 11.3 Å². The van der Waals surface area contributed by atoms with E-state index >= 15 is 0 Å². The molecule has 0 N–H and O–H groups in total. The van der Waals surface area contributed by atoms with Gasteiger partial charge in [0.1, 0.15) is 3.92 Å². The van der Waals surface area contributed by atoms with Gasteiger partial charge in [0.2, 0.25) is 16.9 Å². The van der Waals surface area contributed by atoms with E-state index in [0.717, 1.165) is 0 Å². The molecule has 2 bridgehead atoms. The smallest absolute Gasteiger partial charge is 0.349 e. The first-order valence-electron chi connectivity index (χ1n) is 6.74. The van der Waals surface area contributed by atoms with Crippen LogP contribution in [-0.4, -0.2) is 28.4 Å². The third-order valence-corrected chi connectivity index (χ3v) is 4.99. The van der Waals surface area contributed by atoms with Crippen LogP contribution in [-0.2, 0) is 31.0 Å². The number of furan rings is 1. The number of nitriles is 1. The maximum absolute atomic E-state index is 11.8. The normalized spacial score (nSPS) is 21.5. The number of carbonyl (C=O) groups excluding carboxylic acids is 3. The second-order valence-corrected chi connectivity index (χ2v) is 6.56.